The molecule has 5 rings (SSSR count). The molecule has 2 heterocycles. The third-order valence-corrected chi connectivity index (χ3v) is 5.91. The molecular formula is C21H19ClFN3O. The van der Waals surface area contributed by atoms with E-state index in [1.807, 2.05) is 18.2 Å². The summed E-state index contributed by atoms with van der Waals surface area (Å²) in [7, 11) is 0. The first-order valence-electron chi connectivity index (χ1n) is 9.27. The van der Waals surface area contributed by atoms with Gasteiger partial charge in [-0.25, -0.2) is 14.4 Å². The molecule has 2 aromatic carbocycles. The van der Waals surface area contributed by atoms with Crippen LogP contribution in [0, 0.1) is 5.82 Å². The zero-order chi connectivity index (χ0) is 18.4. The molecule has 6 heteroatoms. The van der Waals surface area contributed by atoms with Crippen molar-refractivity contribution in [1.29, 1.82) is 0 Å². The third kappa shape index (κ3) is 3.00. The first-order chi connectivity index (χ1) is 13.1. The van der Waals surface area contributed by atoms with Gasteiger partial charge in [-0.2, -0.15) is 0 Å². The van der Waals surface area contributed by atoms with Gasteiger partial charge < -0.3 is 10.1 Å². The summed E-state index contributed by atoms with van der Waals surface area (Å²) in [4.78, 5) is 8.75. The zero-order valence-electron chi connectivity index (χ0n) is 14.7. The molecule has 1 saturated carbocycles. The number of nitrogens with one attached hydrogen (secondary N) is 1. The molecule has 0 amide bonds. The van der Waals surface area contributed by atoms with E-state index in [-0.39, 0.29) is 17.5 Å². The molecule has 0 radical (unpaired) electrons. The topological polar surface area (TPSA) is 47.0 Å². The molecule has 1 fully saturated rings. The molecule has 0 bridgehead atoms. The van der Waals surface area contributed by atoms with Crippen LogP contribution in [0.2, 0.25) is 5.02 Å². The standard InChI is InChI=1S/C21H19ClFN3O/c22-13-3-5-15-17(9-13)24-12-25-20(15)26-18-11-21(7-1-2-8-21)27-19-6-4-14(23)10-16(18)19/h3-6,9-10,12,18H,1-2,7-8,11H2,(H,24,25,26)/t18-/m1/s1. The predicted molar refractivity (Wildman–Crippen MR) is 104 cm³/mol. The maximum atomic E-state index is 13.9. The van der Waals surface area contributed by atoms with Gasteiger partial charge in [0.2, 0.25) is 0 Å². The molecule has 4 nitrogen and oxygen atoms in total. The van der Waals surface area contributed by atoms with Crippen molar-refractivity contribution in [1.82, 2.24) is 9.97 Å². The summed E-state index contributed by atoms with van der Waals surface area (Å²) in [5, 5.41) is 5.07. The van der Waals surface area contributed by atoms with Crippen molar-refractivity contribution in [3.8, 4) is 5.75 Å². The monoisotopic (exact) mass is 383 g/mol. The molecule has 1 aliphatic carbocycles. The minimum Gasteiger partial charge on any atom is -0.487 e. The number of halogens is 2. The van der Waals surface area contributed by atoms with E-state index in [1.54, 1.807) is 12.1 Å². The van der Waals surface area contributed by atoms with Gasteiger partial charge >= 0.3 is 0 Å². The second kappa shape index (κ2) is 6.34. The van der Waals surface area contributed by atoms with Crippen molar-refractivity contribution in [3.63, 3.8) is 0 Å². The van der Waals surface area contributed by atoms with Crippen LogP contribution in [-0.2, 0) is 0 Å². The second-order valence-corrected chi connectivity index (χ2v) is 7.90. The smallest absolute Gasteiger partial charge is 0.137 e. The van der Waals surface area contributed by atoms with Crippen molar-refractivity contribution < 1.29 is 9.13 Å². The Kier molecular flexibility index (Phi) is 3.93. The Bertz CT molecular complexity index is 1020. The molecule has 138 valence electrons. The van der Waals surface area contributed by atoms with Crippen LogP contribution in [0.25, 0.3) is 10.9 Å². The Morgan fingerprint density at radius 3 is 2.81 bits per heavy atom. The highest BCUT2D eigenvalue weighted by Crippen LogP contribution is 2.48. The predicted octanol–water partition coefficient (Wildman–Crippen LogP) is 5.67. The zero-order valence-corrected chi connectivity index (χ0v) is 15.5. The Hall–Kier alpha value is -2.40. The lowest BCUT2D eigenvalue weighted by atomic mass is 9.86. The van der Waals surface area contributed by atoms with Crippen molar-refractivity contribution >= 4 is 28.3 Å². The fourth-order valence-corrected chi connectivity index (χ4v) is 4.57. The van der Waals surface area contributed by atoms with Crippen LogP contribution < -0.4 is 10.1 Å². The lowest BCUT2D eigenvalue weighted by molar-refractivity contribution is 0.0451. The van der Waals surface area contributed by atoms with Crippen LogP contribution in [0.3, 0.4) is 0 Å². The van der Waals surface area contributed by atoms with Crippen LogP contribution in [0.1, 0.15) is 43.7 Å². The number of hydrogen-bond acceptors (Lipinski definition) is 4. The van der Waals surface area contributed by atoms with E-state index in [1.165, 1.54) is 12.4 Å². The summed E-state index contributed by atoms with van der Waals surface area (Å²) in [5.74, 6) is 1.24. The maximum absolute atomic E-state index is 13.9. The van der Waals surface area contributed by atoms with Crippen LogP contribution in [0.5, 0.6) is 5.75 Å². The van der Waals surface area contributed by atoms with E-state index in [0.717, 1.165) is 60.1 Å². The van der Waals surface area contributed by atoms with Crippen LogP contribution in [-0.4, -0.2) is 15.6 Å². The molecule has 0 unspecified atom stereocenters. The minimum atomic E-state index is -0.258. The molecule has 0 saturated heterocycles. The average Bonchev–Trinajstić information content (AvgIpc) is 3.10. The molecule has 3 aromatic rings. The number of nitrogens with zero attached hydrogens (tertiary/aromatic N) is 2. The Balaban J connectivity index is 1.57. The van der Waals surface area contributed by atoms with E-state index >= 15 is 0 Å². The molecule has 1 N–H and O–H groups in total. The Morgan fingerprint density at radius 2 is 1.96 bits per heavy atom. The fourth-order valence-electron chi connectivity index (χ4n) is 4.41. The van der Waals surface area contributed by atoms with Crippen LogP contribution in [0.15, 0.2) is 42.7 Å². The summed E-state index contributed by atoms with van der Waals surface area (Å²) in [5.41, 5.74) is 1.45. The summed E-state index contributed by atoms with van der Waals surface area (Å²) >= 11 is 6.09. The number of aromatic nitrogens is 2. The summed E-state index contributed by atoms with van der Waals surface area (Å²) in [6, 6.07) is 10.3. The summed E-state index contributed by atoms with van der Waals surface area (Å²) < 4.78 is 20.3. The molecule has 1 spiro atoms. The fraction of sp³-hybridized carbons (Fsp3) is 0.333. The third-order valence-electron chi connectivity index (χ3n) is 5.67. The molecule has 27 heavy (non-hydrogen) atoms. The largest absolute Gasteiger partial charge is 0.487 e. The van der Waals surface area contributed by atoms with Gasteiger partial charge in [-0.1, -0.05) is 11.6 Å². The number of anilines is 1. The maximum Gasteiger partial charge on any atom is 0.137 e. The second-order valence-electron chi connectivity index (χ2n) is 7.46. The van der Waals surface area contributed by atoms with Crippen molar-refractivity contribution in [2.75, 3.05) is 5.32 Å². The van der Waals surface area contributed by atoms with Gasteiger partial charge in [-0.05, 0) is 62.1 Å². The normalized spacial score (nSPS) is 20.4. The Morgan fingerprint density at radius 1 is 1.11 bits per heavy atom. The van der Waals surface area contributed by atoms with Gasteiger partial charge in [-0.3, -0.25) is 0 Å². The minimum absolute atomic E-state index is 0.0728. The van der Waals surface area contributed by atoms with Crippen molar-refractivity contribution in [3.05, 3.63) is 59.1 Å². The van der Waals surface area contributed by atoms with Crippen LogP contribution in [0.4, 0.5) is 10.2 Å². The van der Waals surface area contributed by atoms with E-state index in [2.05, 4.69) is 15.3 Å². The molecule has 1 aromatic heterocycles. The molecule has 1 atom stereocenters. The Labute approximate surface area is 161 Å². The quantitative estimate of drug-likeness (QED) is 0.619. The number of benzene rings is 2. The van der Waals surface area contributed by atoms with E-state index in [4.69, 9.17) is 16.3 Å². The van der Waals surface area contributed by atoms with Gasteiger partial charge in [0.15, 0.2) is 0 Å². The highest BCUT2D eigenvalue weighted by atomic mass is 35.5. The number of fused-ring (bicyclic) bond motifs is 2. The summed E-state index contributed by atoms with van der Waals surface area (Å²) in [6.45, 7) is 0. The average molecular weight is 384 g/mol. The number of hydrogen-bond donors (Lipinski definition) is 1. The van der Waals surface area contributed by atoms with E-state index in [0.29, 0.717) is 5.02 Å². The molecule has 2 aliphatic rings. The van der Waals surface area contributed by atoms with Gasteiger partial charge in [0.25, 0.3) is 0 Å². The molecule has 1 aliphatic heterocycles. The highest BCUT2D eigenvalue weighted by molar-refractivity contribution is 6.31. The van der Waals surface area contributed by atoms with Gasteiger partial charge in [0.1, 0.15) is 29.3 Å². The first-order valence-corrected chi connectivity index (χ1v) is 9.65. The summed E-state index contributed by atoms with van der Waals surface area (Å²) in [6.07, 6.45) is 6.71. The number of ether oxygens (including phenoxy) is 1. The van der Waals surface area contributed by atoms with Crippen molar-refractivity contribution in [2.24, 2.45) is 0 Å². The molecular weight excluding hydrogens is 365 g/mol. The van der Waals surface area contributed by atoms with Crippen molar-refractivity contribution in [2.45, 2.75) is 43.7 Å². The lowest BCUT2D eigenvalue weighted by Crippen LogP contribution is -2.40. The lowest BCUT2D eigenvalue weighted by Gasteiger charge is -2.40. The van der Waals surface area contributed by atoms with E-state index in [9.17, 15) is 4.39 Å². The highest BCUT2D eigenvalue weighted by Gasteiger charge is 2.43. The first kappa shape index (κ1) is 16.8. The van der Waals surface area contributed by atoms with E-state index < -0.39 is 0 Å². The van der Waals surface area contributed by atoms with Gasteiger partial charge in [-0.15, -0.1) is 0 Å². The number of rotatable bonds is 2. The SMILES string of the molecule is Fc1ccc2c(c1)[C@H](Nc1ncnc3cc(Cl)ccc13)CC1(CCCC1)O2. The van der Waals surface area contributed by atoms with Crippen LogP contribution >= 0.6 is 11.6 Å². The van der Waals surface area contributed by atoms with Gasteiger partial charge in [0.05, 0.1) is 11.6 Å². The van der Waals surface area contributed by atoms with Gasteiger partial charge in [0, 0.05) is 22.4 Å².